The lowest BCUT2D eigenvalue weighted by atomic mass is 10.0. The first-order valence-corrected chi connectivity index (χ1v) is 11.8. The van der Waals surface area contributed by atoms with Crippen LogP contribution in [0.25, 0.3) is 22.1 Å². The summed E-state index contributed by atoms with van der Waals surface area (Å²) in [7, 11) is 0. The molecule has 3 aromatic rings. The van der Waals surface area contributed by atoms with Gasteiger partial charge in [-0.3, -0.25) is 14.6 Å². The smallest absolute Gasteiger partial charge is 0.365 e. The molecule has 0 aliphatic carbocycles. The van der Waals surface area contributed by atoms with Crippen LogP contribution in [0.2, 0.25) is 0 Å². The van der Waals surface area contributed by atoms with Gasteiger partial charge in [-0.05, 0) is 44.9 Å². The van der Waals surface area contributed by atoms with Crippen LogP contribution in [0.4, 0.5) is 4.79 Å². The quantitative estimate of drug-likeness (QED) is 0.294. The van der Waals surface area contributed by atoms with Gasteiger partial charge in [0.05, 0.1) is 35.2 Å². The number of pyridine rings is 2. The first-order valence-electron chi connectivity index (χ1n) is 11.8. The average molecular weight is 480 g/mol. The van der Waals surface area contributed by atoms with Gasteiger partial charge >= 0.3 is 6.03 Å². The minimum absolute atomic E-state index is 0.156. The number of nitrogens with one attached hydrogen (secondary N) is 1. The Morgan fingerprint density at radius 1 is 1.23 bits per heavy atom. The maximum Gasteiger partial charge on any atom is 0.428 e. The van der Waals surface area contributed by atoms with Gasteiger partial charge in [-0.2, -0.15) is 0 Å². The van der Waals surface area contributed by atoms with Gasteiger partial charge in [0.25, 0.3) is 11.8 Å². The fourth-order valence-corrected chi connectivity index (χ4v) is 4.68. The topological polar surface area (TPSA) is 159 Å². The summed E-state index contributed by atoms with van der Waals surface area (Å²) in [6.07, 6.45) is 7.20. The van der Waals surface area contributed by atoms with E-state index in [1.165, 1.54) is 6.20 Å². The first kappa shape index (κ1) is 24.4. The number of fused-ring (bicyclic) bond motifs is 3. The Balaban J connectivity index is 1.58. The highest BCUT2D eigenvalue weighted by Gasteiger charge is 2.42. The van der Waals surface area contributed by atoms with E-state index in [0.717, 1.165) is 34.2 Å². The summed E-state index contributed by atoms with van der Waals surface area (Å²) < 4.78 is 1.75. The predicted octanol–water partition coefficient (Wildman–Crippen LogP) is 1.67. The van der Waals surface area contributed by atoms with Crippen LogP contribution in [0.15, 0.2) is 36.4 Å². The van der Waals surface area contributed by atoms with Crippen molar-refractivity contribution in [1.29, 1.82) is 0 Å². The van der Waals surface area contributed by atoms with Gasteiger partial charge in [0.2, 0.25) is 0 Å². The summed E-state index contributed by atoms with van der Waals surface area (Å²) in [4.78, 5) is 50.3. The molecule has 4 rings (SSSR count). The fraction of sp³-hybridized carbons (Fsp3) is 0.417. The van der Waals surface area contributed by atoms with E-state index in [9.17, 15) is 14.4 Å². The molecular formula is C24H31N8O3+. The largest absolute Gasteiger partial charge is 0.428 e. The molecule has 0 spiro atoms. The van der Waals surface area contributed by atoms with Gasteiger partial charge in [-0.25, -0.2) is 24.6 Å². The lowest BCUT2D eigenvalue weighted by Crippen LogP contribution is -2.61. The zero-order chi connectivity index (χ0) is 25.2. The molecule has 0 saturated heterocycles. The molecule has 5 N–H and O–H groups in total. The molecule has 0 bridgehead atoms. The van der Waals surface area contributed by atoms with Gasteiger partial charge in [0, 0.05) is 18.7 Å². The number of imidazole rings is 1. The van der Waals surface area contributed by atoms with Gasteiger partial charge in [0.1, 0.15) is 17.2 Å². The summed E-state index contributed by atoms with van der Waals surface area (Å²) in [5.74, 6) is -0.905. The maximum absolute atomic E-state index is 12.7. The second-order valence-electron chi connectivity index (χ2n) is 9.14. The summed E-state index contributed by atoms with van der Waals surface area (Å²) in [5.41, 5.74) is 15.8. The van der Waals surface area contributed by atoms with Gasteiger partial charge < -0.3 is 16.0 Å². The highest BCUT2D eigenvalue weighted by molar-refractivity contribution is 6.04. The number of urea groups is 1. The highest BCUT2D eigenvalue weighted by atomic mass is 16.2. The molecule has 11 heteroatoms. The van der Waals surface area contributed by atoms with Crippen LogP contribution in [-0.4, -0.2) is 61.5 Å². The number of unbranched alkanes of at least 4 members (excludes halogenated alkanes) is 1. The molecule has 35 heavy (non-hydrogen) atoms. The molecule has 0 saturated carbocycles. The molecule has 184 valence electrons. The number of nitrogens with zero attached hydrogens (tertiary/aromatic N) is 5. The second kappa shape index (κ2) is 9.88. The van der Waals surface area contributed by atoms with Crippen LogP contribution >= 0.6 is 0 Å². The van der Waals surface area contributed by atoms with E-state index in [2.05, 4.69) is 26.8 Å². The number of quaternary nitrogens is 1. The van der Waals surface area contributed by atoms with E-state index in [1.807, 2.05) is 12.1 Å². The molecule has 0 fully saturated rings. The Bertz CT molecular complexity index is 1330. The number of hydrogen-bond donors (Lipinski definition) is 3. The number of amides is 4. The Hall–Kier alpha value is -3.70. The van der Waals surface area contributed by atoms with Crippen molar-refractivity contribution in [3.8, 4) is 0 Å². The Morgan fingerprint density at radius 3 is 2.77 bits per heavy atom. The van der Waals surface area contributed by atoms with Crippen molar-refractivity contribution in [3.63, 3.8) is 0 Å². The first-order chi connectivity index (χ1) is 16.8. The second-order valence-corrected chi connectivity index (χ2v) is 9.14. The number of rotatable bonds is 10. The number of carbonyl (C=O) groups excluding carboxylic acids is 3. The fourth-order valence-electron chi connectivity index (χ4n) is 4.68. The lowest BCUT2D eigenvalue weighted by molar-refractivity contribution is -0.791. The van der Waals surface area contributed by atoms with Gasteiger partial charge in [-0.15, -0.1) is 0 Å². The summed E-state index contributed by atoms with van der Waals surface area (Å²) in [5, 5.41) is 2.33. The zero-order valence-corrected chi connectivity index (χ0v) is 20.0. The van der Waals surface area contributed by atoms with Crippen LogP contribution in [-0.2, 0) is 16.1 Å². The predicted molar refractivity (Wildman–Crippen MR) is 131 cm³/mol. The number of imide groups is 1. The monoisotopic (exact) mass is 479 g/mol. The number of nitrogens with two attached hydrogens (primary N) is 2. The summed E-state index contributed by atoms with van der Waals surface area (Å²) >= 11 is 0. The lowest BCUT2D eigenvalue weighted by Gasteiger charge is -2.33. The van der Waals surface area contributed by atoms with Crippen LogP contribution < -0.4 is 16.8 Å². The number of carbonyl (C=O) groups is 3. The van der Waals surface area contributed by atoms with Crippen LogP contribution in [0, 0.1) is 0 Å². The van der Waals surface area contributed by atoms with Gasteiger partial charge in [-0.1, -0.05) is 6.92 Å². The highest BCUT2D eigenvalue weighted by Crippen LogP contribution is 2.30. The molecule has 3 aromatic heterocycles. The van der Waals surface area contributed by atoms with Crippen LogP contribution in [0.1, 0.15) is 44.7 Å². The molecule has 4 amide bonds. The van der Waals surface area contributed by atoms with Crippen molar-refractivity contribution in [3.05, 3.63) is 42.1 Å². The third-order valence-electron chi connectivity index (χ3n) is 6.47. The maximum atomic E-state index is 12.7. The third-order valence-corrected chi connectivity index (χ3v) is 6.47. The molecule has 0 radical (unpaired) electrons. The Kier molecular flexibility index (Phi) is 6.90. The molecule has 11 nitrogen and oxygen atoms in total. The molecule has 0 aromatic carbocycles. The number of hydrogen-bond acceptors (Lipinski definition) is 7. The van der Waals surface area contributed by atoms with E-state index in [4.69, 9.17) is 16.5 Å². The number of aromatic nitrogens is 4. The van der Waals surface area contributed by atoms with Crippen LogP contribution in [0.5, 0.6) is 0 Å². The summed E-state index contributed by atoms with van der Waals surface area (Å²) in [6, 6.07) is 3.28. The van der Waals surface area contributed by atoms with Crippen LogP contribution in [0.3, 0.4) is 0 Å². The van der Waals surface area contributed by atoms with E-state index >= 15 is 0 Å². The molecular weight excluding hydrogens is 448 g/mol. The van der Waals surface area contributed by atoms with E-state index in [1.54, 1.807) is 19.4 Å². The van der Waals surface area contributed by atoms with E-state index < -0.39 is 17.8 Å². The van der Waals surface area contributed by atoms with E-state index in [-0.39, 0.29) is 16.9 Å². The van der Waals surface area contributed by atoms with Crippen molar-refractivity contribution in [2.45, 2.75) is 45.6 Å². The minimum Gasteiger partial charge on any atom is -0.365 e. The van der Waals surface area contributed by atoms with Crippen molar-refractivity contribution in [1.82, 2.24) is 24.8 Å². The Morgan fingerprint density at radius 2 is 2.03 bits per heavy atom. The molecule has 1 aliphatic rings. The van der Waals surface area contributed by atoms with Crippen molar-refractivity contribution < 1.29 is 18.9 Å². The molecule has 4 heterocycles. The van der Waals surface area contributed by atoms with Crippen molar-refractivity contribution in [2.24, 2.45) is 11.5 Å². The van der Waals surface area contributed by atoms with Gasteiger partial charge in [0.15, 0.2) is 6.54 Å². The molecule has 2 unspecified atom stereocenters. The van der Waals surface area contributed by atoms with E-state index in [0.29, 0.717) is 38.0 Å². The SMILES string of the molecule is CC1=C[N+](CCCCn2cnc3c(C(C)CCN)nc4cccnc4c32)(CC(N)=O)C(=O)NC1=O. The van der Waals surface area contributed by atoms with Crippen molar-refractivity contribution >= 4 is 39.9 Å². The standard InChI is InChI=1S/C24H30N8O3/c1-15(7-8-25)19-21-22(20-17(29-19)6-5-9-27-20)31(14-28-21)10-3-4-11-32(13-18(26)33)12-16(2)23(34)30-24(32)35/h5-6,9,12,14-15H,3-4,7-8,10-11,13,25H2,1-2H3,(H2-,26,30,33,34,35)/p+1. The summed E-state index contributed by atoms with van der Waals surface area (Å²) in [6.45, 7) is 5.05. The number of aryl methyl sites for hydroxylation is 1. The molecule has 1 aliphatic heterocycles. The number of primary amides is 1. The average Bonchev–Trinajstić information content (AvgIpc) is 3.24. The molecule has 2 atom stereocenters. The van der Waals surface area contributed by atoms with Crippen molar-refractivity contribution in [2.75, 3.05) is 19.6 Å². The zero-order valence-electron chi connectivity index (χ0n) is 20.0. The minimum atomic E-state index is -0.608. The third kappa shape index (κ3) is 4.77. The Labute approximate surface area is 202 Å². The normalized spacial score (nSPS) is 19.1.